The quantitative estimate of drug-likeness (QED) is 0.0344. The molecule has 0 saturated heterocycles. The first-order chi connectivity index (χ1) is 50.0. The molecule has 0 spiro atoms. The lowest BCUT2D eigenvalue weighted by Crippen LogP contribution is -2.42. The van der Waals surface area contributed by atoms with E-state index in [1.165, 1.54) is 48.5 Å². The number of rotatable bonds is 18. The van der Waals surface area contributed by atoms with Crippen LogP contribution in [0.3, 0.4) is 0 Å². The molecule has 15 aromatic rings. The zero-order chi connectivity index (χ0) is 69.3. The molecule has 0 radical (unpaired) electrons. The van der Waals surface area contributed by atoms with E-state index in [4.69, 9.17) is 18.9 Å². The van der Waals surface area contributed by atoms with E-state index in [9.17, 15) is 0 Å². The molecule has 0 aromatic heterocycles. The van der Waals surface area contributed by atoms with Gasteiger partial charge in [-0.1, -0.05) is 206 Å². The molecule has 14 nitrogen and oxygen atoms in total. The summed E-state index contributed by atoms with van der Waals surface area (Å²) in [5.74, 6) is -4.83. The minimum atomic E-state index is -0.931. The number of carbonyl (C=O) groups is 8. The van der Waals surface area contributed by atoms with Crippen LogP contribution in [0.15, 0.2) is 303 Å². The Balaban J connectivity index is 1.02. The fourth-order valence-corrected chi connectivity index (χ4v) is 14.0. The summed E-state index contributed by atoms with van der Waals surface area (Å²) in [5.41, 5.74) is -0.516. The first-order valence-electron chi connectivity index (χ1n) is 32.7. The van der Waals surface area contributed by atoms with E-state index in [0.717, 1.165) is 9.80 Å². The summed E-state index contributed by atoms with van der Waals surface area (Å²) in [6.07, 6.45) is 0. The molecule has 14 heteroatoms. The van der Waals surface area contributed by atoms with Gasteiger partial charge in [0.25, 0.3) is 23.6 Å². The number of nitrogens with zero attached hydrogens (tertiary/aromatic N) is 2. The van der Waals surface area contributed by atoms with Crippen LogP contribution in [0.5, 0.6) is 46.0 Å². The number of amides is 4. The average molecular weight is 1330 g/mol. The minimum absolute atomic E-state index is 0.00643. The van der Waals surface area contributed by atoms with E-state index < -0.39 is 46.8 Å². The van der Waals surface area contributed by atoms with Crippen LogP contribution in [0.2, 0.25) is 0 Å². The normalized spacial score (nSPS) is 12.5. The Bertz CT molecular complexity index is 5300. The molecule has 484 valence electrons. The van der Waals surface area contributed by atoms with Gasteiger partial charge in [-0.2, -0.15) is 0 Å². The van der Waals surface area contributed by atoms with Crippen LogP contribution in [0.4, 0.5) is 11.4 Å². The number of para-hydroxylation sites is 6. The van der Waals surface area contributed by atoms with Crippen LogP contribution < -0.4 is 28.7 Å². The van der Waals surface area contributed by atoms with E-state index in [1.807, 2.05) is 0 Å². The van der Waals surface area contributed by atoms with Crippen molar-refractivity contribution in [2.24, 2.45) is 0 Å². The maximum atomic E-state index is 16.7. The molecular formula is C88H50N2O12. The number of fused-ring (bicyclic) bond motifs is 2. The lowest BCUT2D eigenvalue weighted by molar-refractivity contribution is 0.0875. The zero-order valence-electron chi connectivity index (χ0n) is 53.7. The van der Waals surface area contributed by atoms with Crippen molar-refractivity contribution in [1.82, 2.24) is 0 Å². The van der Waals surface area contributed by atoms with Crippen molar-refractivity contribution in [2.45, 2.75) is 0 Å². The largest absolute Gasteiger partial charge is 0.457 e. The standard InChI is InChI=1S/C88H50N2O12/c91-81(51-27-9-1-10-28-51)59-43-25-44-60(82(92)52-29-11-2-12-30-52)79(59)89-85(95)63-47-67(99-55-35-17-5-18-36-55)73-75-69(101-57-39-21-7-22-40-57)49-65-72-66(88(98)90(87(65)97)80-61(83(93)53-31-13-3-14-32-53)45-26-46-62(80)84(94)54-33-15-4-16-34-54)50-70(102-58-41-23-8-24-42-58)76(78(72)75)74-68(100-56-37-19-6-20-38-56)48-64(86(89)96)71(63)77(73)74/h1-50H. The van der Waals surface area contributed by atoms with Crippen molar-refractivity contribution in [2.75, 3.05) is 9.80 Å². The Kier molecular flexibility index (Phi) is 15.0. The Morgan fingerprint density at radius 1 is 0.216 bits per heavy atom. The van der Waals surface area contributed by atoms with Crippen LogP contribution >= 0.6 is 0 Å². The number of hydrogen-bond donors (Lipinski definition) is 0. The highest BCUT2D eigenvalue weighted by Gasteiger charge is 2.45. The van der Waals surface area contributed by atoms with Crippen LogP contribution in [-0.2, 0) is 0 Å². The molecular weight excluding hydrogens is 1280 g/mol. The van der Waals surface area contributed by atoms with E-state index >= 15 is 38.4 Å². The highest BCUT2D eigenvalue weighted by molar-refractivity contribution is 6.49. The van der Waals surface area contributed by atoms with Crippen molar-refractivity contribution in [3.63, 3.8) is 0 Å². The van der Waals surface area contributed by atoms with Gasteiger partial charge in [0.05, 0.1) is 33.6 Å². The number of anilines is 2. The van der Waals surface area contributed by atoms with E-state index in [1.54, 1.807) is 255 Å². The lowest BCUT2D eigenvalue weighted by atomic mass is 9.80. The fraction of sp³-hybridized carbons (Fsp3) is 0. The van der Waals surface area contributed by atoms with Gasteiger partial charge in [0.1, 0.15) is 46.0 Å². The molecule has 2 aliphatic heterocycles. The first kappa shape index (κ1) is 61.4. The molecule has 2 aliphatic rings. The minimum Gasteiger partial charge on any atom is -0.457 e. The molecule has 0 saturated carbocycles. The van der Waals surface area contributed by atoms with Gasteiger partial charge in [0.2, 0.25) is 0 Å². The van der Waals surface area contributed by atoms with Gasteiger partial charge in [-0.05, 0) is 97.1 Å². The molecule has 0 unspecified atom stereocenters. The topological polar surface area (TPSA) is 180 Å². The summed E-state index contributed by atoms with van der Waals surface area (Å²) in [6.45, 7) is 0. The number of imide groups is 2. The Hall–Kier alpha value is -14.2. The molecule has 0 bridgehead atoms. The Labute approximate surface area is 581 Å². The van der Waals surface area contributed by atoms with Crippen molar-refractivity contribution in [3.05, 3.63) is 370 Å². The molecule has 0 N–H and O–H groups in total. The summed E-state index contributed by atoms with van der Waals surface area (Å²) < 4.78 is 28.6. The number of carbonyl (C=O) groups excluding carboxylic acids is 8. The SMILES string of the molecule is O=C(c1ccccc1)c1cccc(C(=O)c2ccccc2)c1N1C(=O)c2cc(Oc3ccccc3)c3c4c(Oc5ccccc5)cc5c6c(cc(Oc7ccccc7)c(c7c(Oc8ccccc8)cc(c2c37)C1=O)c64)C(=O)N(c1c(C(=O)c2ccccc2)cccc1C(=O)c1ccccc1)C5=O. The Morgan fingerprint density at radius 3 is 0.618 bits per heavy atom. The van der Waals surface area contributed by atoms with Gasteiger partial charge >= 0.3 is 0 Å². The second-order valence-electron chi connectivity index (χ2n) is 24.4. The third-order valence-corrected chi connectivity index (χ3v) is 18.4. The fourth-order valence-electron chi connectivity index (χ4n) is 14.0. The summed E-state index contributed by atoms with van der Waals surface area (Å²) >= 11 is 0. The molecule has 0 fully saturated rings. The number of benzene rings is 15. The molecule has 0 atom stereocenters. The average Bonchev–Trinajstić information content (AvgIpc) is 0.669. The van der Waals surface area contributed by atoms with Crippen LogP contribution in [-0.4, -0.2) is 46.8 Å². The molecule has 0 aliphatic carbocycles. The summed E-state index contributed by atoms with van der Waals surface area (Å²) in [7, 11) is 0. The van der Waals surface area contributed by atoms with Crippen molar-refractivity contribution in [3.8, 4) is 46.0 Å². The predicted octanol–water partition coefficient (Wildman–Crippen LogP) is 19.4. The molecule has 2 heterocycles. The van der Waals surface area contributed by atoms with Gasteiger partial charge in [-0.25, -0.2) is 9.80 Å². The van der Waals surface area contributed by atoms with Crippen molar-refractivity contribution < 1.29 is 57.3 Å². The highest BCUT2D eigenvalue weighted by atomic mass is 16.5. The second kappa shape index (κ2) is 25.0. The zero-order valence-corrected chi connectivity index (χ0v) is 53.7. The highest BCUT2D eigenvalue weighted by Crippen LogP contribution is 2.59. The van der Waals surface area contributed by atoms with E-state index in [2.05, 4.69) is 0 Å². The predicted molar refractivity (Wildman–Crippen MR) is 388 cm³/mol. The van der Waals surface area contributed by atoms with Gasteiger partial charge in [-0.15, -0.1) is 0 Å². The van der Waals surface area contributed by atoms with Gasteiger partial charge in [0.15, 0.2) is 23.1 Å². The van der Waals surface area contributed by atoms with Gasteiger partial charge in [-0.3, -0.25) is 38.4 Å². The third kappa shape index (κ3) is 10.2. The lowest BCUT2D eigenvalue weighted by Gasteiger charge is -2.34. The summed E-state index contributed by atoms with van der Waals surface area (Å²) in [5, 5.41) is 1.46. The van der Waals surface area contributed by atoms with Crippen molar-refractivity contribution in [1.29, 1.82) is 0 Å². The van der Waals surface area contributed by atoms with Crippen LogP contribution in [0.1, 0.15) is 105 Å². The molecule has 17 rings (SSSR count). The number of ether oxygens (including phenoxy) is 4. The monoisotopic (exact) mass is 1330 g/mol. The smallest absolute Gasteiger partial charge is 0.266 e. The van der Waals surface area contributed by atoms with Crippen LogP contribution in [0, 0.1) is 0 Å². The van der Waals surface area contributed by atoms with Crippen molar-refractivity contribution >= 4 is 101 Å². The Morgan fingerprint density at radius 2 is 0.412 bits per heavy atom. The maximum absolute atomic E-state index is 16.7. The third-order valence-electron chi connectivity index (χ3n) is 18.4. The second-order valence-corrected chi connectivity index (χ2v) is 24.4. The number of hydrogen-bond acceptors (Lipinski definition) is 12. The maximum Gasteiger partial charge on any atom is 0.266 e. The first-order valence-corrected chi connectivity index (χ1v) is 32.7. The van der Waals surface area contributed by atoms with E-state index in [0.29, 0.717) is 23.0 Å². The van der Waals surface area contributed by atoms with E-state index in [-0.39, 0.29) is 144 Å². The molecule has 15 aromatic carbocycles. The summed E-state index contributed by atoms with van der Waals surface area (Å²) in [4.78, 5) is 129. The van der Waals surface area contributed by atoms with Crippen LogP contribution in [0.25, 0.3) is 43.1 Å². The van der Waals surface area contributed by atoms with Gasteiger partial charge < -0.3 is 18.9 Å². The molecule has 102 heavy (non-hydrogen) atoms. The van der Waals surface area contributed by atoms with Gasteiger partial charge in [0, 0.05) is 87.6 Å². The summed E-state index contributed by atoms with van der Waals surface area (Å²) in [6, 6.07) is 83.5. The number of ketones is 4. The molecule has 4 amide bonds.